The molecule has 1 aromatic carbocycles. The summed E-state index contributed by atoms with van der Waals surface area (Å²) >= 11 is 0. The third kappa shape index (κ3) is 7.27. The second-order valence-corrected chi connectivity index (χ2v) is 10.7. The van der Waals surface area contributed by atoms with Gasteiger partial charge in [-0.2, -0.15) is 0 Å². The van der Waals surface area contributed by atoms with Crippen LogP contribution in [-0.2, 0) is 9.53 Å². The van der Waals surface area contributed by atoms with E-state index in [0.29, 0.717) is 12.2 Å². The third-order valence-electron chi connectivity index (χ3n) is 7.90. The molecule has 2 aliphatic heterocycles. The Morgan fingerprint density at radius 1 is 1.06 bits per heavy atom. The molecule has 1 N–H and O–H groups in total. The molecule has 186 valence electrons. The number of amides is 1. The summed E-state index contributed by atoms with van der Waals surface area (Å²) in [7, 11) is 0. The standard InChI is InChI=1S/C28H47N3O2/c1-6-31(20-24(4)33-25(5)21-31)19-12-8-7-10-17-30-18-11-9-16-26(30)28(32)29-27-22(2)14-13-15-23(27)3/h13-15,24-26H,6-12,16-21H2,1-5H3/p+1. The summed E-state index contributed by atoms with van der Waals surface area (Å²) in [5, 5.41) is 3.25. The Hall–Kier alpha value is -1.43. The number of quaternary nitrogens is 1. The second kappa shape index (κ2) is 12.3. The molecule has 2 heterocycles. The van der Waals surface area contributed by atoms with E-state index in [9.17, 15) is 4.79 Å². The number of nitrogens with one attached hydrogen (secondary N) is 1. The highest BCUT2D eigenvalue weighted by atomic mass is 16.5. The lowest BCUT2D eigenvalue weighted by molar-refractivity contribution is -0.940. The van der Waals surface area contributed by atoms with Crippen LogP contribution in [0.25, 0.3) is 0 Å². The molecule has 0 aromatic heterocycles. The highest BCUT2D eigenvalue weighted by molar-refractivity contribution is 5.96. The van der Waals surface area contributed by atoms with Crippen LogP contribution in [0.15, 0.2) is 18.2 Å². The van der Waals surface area contributed by atoms with E-state index in [1.807, 2.05) is 0 Å². The molecule has 3 atom stereocenters. The maximum Gasteiger partial charge on any atom is 0.241 e. The van der Waals surface area contributed by atoms with Crippen molar-refractivity contribution in [2.45, 2.75) is 97.8 Å². The third-order valence-corrected chi connectivity index (χ3v) is 7.90. The molecule has 2 saturated heterocycles. The number of aryl methyl sites for hydroxylation is 2. The molecule has 2 fully saturated rings. The highest BCUT2D eigenvalue weighted by Crippen LogP contribution is 2.24. The van der Waals surface area contributed by atoms with Crippen LogP contribution in [-0.4, -0.2) is 72.8 Å². The summed E-state index contributed by atoms with van der Waals surface area (Å²) in [5.41, 5.74) is 3.28. The Morgan fingerprint density at radius 3 is 2.39 bits per heavy atom. The van der Waals surface area contributed by atoms with Crippen molar-refractivity contribution in [2.24, 2.45) is 0 Å². The van der Waals surface area contributed by atoms with E-state index >= 15 is 0 Å². The van der Waals surface area contributed by atoms with Crippen LogP contribution in [0.2, 0.25) is 0 Å². The van der Waals surface area contributed by atoms with Crippen molar-refractivity contribution in [3.05, 3.63) is 29.3 Å². The van der Waals surface area contributed by atoms with Gasteiger partial charge >= 0.3 is 0 Å². The number of likely N-dealkylation sites (tertiary alicyclic amines) is 1. The predicted molar refractivity (Wildman–Crippen MR) is 138 cm³/mol. The van der Waals surface area contributed by atoms with Crippen LogP contribution in [0.1, 0.15) is 76.8 Å². The minimum absolute atomic E-state index is 0.0167. The topological polar surface area (TPSA) is 41.6 Å². The van der Waals surface area contributed by atoms with Crippen LogP contribution >= 0.6 is 0 Å². The molecule has 3 unspecified atom stereocenters. The van der Waals surface area contributed by atoms with Crippen LogP contribution in [0.3, 0.4) is 0 Å². The molecular formula is C28H48N3O2+. The van der Waals surface area contributed by atoms with Gasteiger partial charge in [0.1, 0.15) is 25.3 Å². The molecule has 1 aromatic rings. The van der Waals surface area contributed by atoms with E-state index in [4.69, 9.17) is 4.74 Å². The van der Waals surface area contributed by atoms with Gasteiger partial charge in [-0.15, -0.1) is 0 Å². The molecule has 1 amide bonds. The molecule has 0 bridgehead atoms. The number of piperidine rings is 1. The van der Waals surface area contributed by atoms with E-state index < -0.39 is 0 Å². The zero-order valence-electron chi connectivity index (χ0n) is 21.9. The Bertz CT molecular complexity index is 735. The summed E-state index contributed by atoms with van der Waals surface area (Å²) in [6.07, 6.45) is 9.12. The predicted octanol–water partition coefficient (Wildman–Crippen LogP) is 5.30. The van der Waals surface area contributed by atoms with Gasteiger partial charge in [0, 0.05) is 5.69 Å². The maximum atomic E-state index is 13.1. The van der Waals surface area contributed by atoms with Crippen molar-refractivity contribution in [3.8, 4) is 0 Å². The van der Waals surface area contributed by atoms with Gasteiger partial charge in [0.2, 0.25) is 5.91 Å². The minimum atomic E-state index is 0.0167. The van der Waals surface area contributed by atoms with Gasteiger partial charge in [0.05, 0.1) is 19.1 Å². The lowest BCUT2D eigenvalue weighted by Crippen LogP contribution is -2.60. The molecule has 2 aliphatic rings. The fourth-order valence-electron chi connectivity index (χ4n) is 6.14. The van der Waals surface area contributed by atoms with Gasteiger partial charge in [0.15, 0.2) is 0 Å². The summed E-state index contributed by atoms with van der Waals surface area (Å²) in [6, 6.07) is 6.22. The Labute approximate surface area is 202 Å². The molecule has 3 rings (SSSR count). The fourth-order valence-corrected chi connectivity index (χ4v) is 6.14. The van der Waals surface area contributed by atoms with Crippen molar-refractivity contribution >= 4 is 11.6 Å². The highest BCUT2D eigenvalue weighted by Gasteiger charge is 2.35. The molecule has 0 aliphatic carbocycles. The maximum absolute atomic E-state index is 13.1. The molecule has 5 nitrogen and oxygen atoms in total. The van der Waals surface area contributed by atoms with Gasteiger partial charge in [0.25, 0.3) is 0 Å². The van der Waals surface area contributed by atoms with Gasteiger partial charge in [-0.1, -0.05) is 31.0 Å². The van der Waals surface area contributed by atoms with Gasteiger partial charge in [-0.3, -0.25) is 9.69 Å². The summed E-state index contributed by atoms with van der Waals surface area (Å²) in [4.78, 5) is 15.6. The number of hydrogen-bond donors (Lipinski definition) is 1. The number of carbonyl (C=O) groups excluding carboxylic acids is 1. The zero-order valence-corrected chi connectivity index (χ0v) is 21.9. The second-order valence-electron chi connectivity index (χ2n) is 10.7. The molecular weight excluding hydrogens is 410 g/mol. The van der Waals surface area contributed by atoms with Crippen molar-refractivity contribution in [1.82, 2.24) is 4.90 Å². The van der Waals surface area contributed by atoms with E-state index in [2.05, 4.69) is 63.0 Å². The lowest BCUT2D eigenvalue weighted by atomic mass is 10.00. The Kier molecular flexibility index (Phi) is 9.78. The number of anilines is 1. The van der Waals surface area contributed by atoms with Crippen molar-refractivity contribution in [1.29, 1.82) is 0 Å². The van der Waals surface area contributed by atoms with Crippen LogP contribution < -0.4 is 5.32 Å². The number of rotatable bonds is 10. The van der Waals surface area contributed by atoms with E-state index in [-0.39, 0.29) is 11.9 Å². The molecule has 0 radical (unpaired) electrons. The number of morpholine rings is 1. The van der Waals surface area contributed by atoms with E-state index in [0.717, 1.165) is 55.8 Å². The van der Waals surface area contributed by atoms with Crippen molar-refractivity contribution < 1.29 is 14.0 Å². The zero-order chi connectivity index (χ0) is 23.8. The van der Waals surface area contributed by atoms with Crippen LogP contribution in [0, 0.1) is 13.8 Å². The molecule has 0 spiro atoms. The average Bonchev–Trinajstić information content (AvgIpc) is 2.78. The number of unbranched alkanes of at least 4 members (excludes halogenated alkanes) is 3. The van der Waals surface area contributed by atoms with E-state index in [1.54, 1.807) is 0 Å². The first-order valence-electron chi connectivity index (χ1n) is 13.5. The van der Waals surface area contributed by atoms with Crippen molar-refractivity contribution in [2.75, 3.05) is 44.6 Å². The minimum Gasteiger partial charge on any atom is -0.364 e. The van der Waals surface area contributed by atoms with Crippen LogP contribution in [0.5, 0.6) is 0 Å². The number of carbonyl (C=O) groups is 1. The average molecular weight is 459 g/mol. The number of likely N-dealkylation sites (N-methyl/N-ethyl adjacent to an activating group) is 1. The van der Waals surface area contributed by atoms with Gasteiger partial charge in [-0.25, -0.2) is 0 Å². The Balaban J connectivity index is 1.42. The first-order chi connectivity index (χ1) is 15.8. The normalized spacial score (nSPS) is 28.6. The smallest absolute Gasteiger partial charge is 0.241 e. The number of para-hydroxylation sites is 1. The number of hydrogen-bond acceptors (Lipinski definition) is 3. The Morgan fingerprint density at radius 2 is 1.73 bits per heavy atom. The number of benzene rings is 1. The quantitative estimate of drug-likeness (QED) is 0.382. The summed E-state index contributed by atoms with van der Waals surface area (Å²) in [5.74, 6) is 0.178. The summed E-state index contributed by atoms with van der Waals surface area (Å²) in [6.45, 7) is 17.8. The number of ether oxygens (including phenoxy) is 1. The first kappa shape index (κ1) is 26.2. The SMILES string of the molecule is CC[N+]1(CCCCCCN2CCCCC2C(=O)Nc2c(C)cccc2C)CC(C)OC(C)C1. The first-order valence-corrected chi connectivity index (χ1v) is 13.5. The van der Waals surface area contributed by atoms with Crippen molar-refractivity contribution in [3.63, 3.8) is 0 Å². The number of nitrogens with zero attached hydrogens (tertiary/aromatic N) is 2. The fraction of sp³-hybridized carbons (Fsp3) is 0.750. The largest absolute Gasteiger partial charge is 0.364 e. The molecule has 5 heteroatoms. The monoisotopic (exact) mass is 458 g/mol. The molecule has 0 saturated carbocycles. The van der Waals surface area contributed by atoms with E-state index in [1.165, 1.54) is 49.7 Å². The molecule has 33 heavy (non-hydrogen) atoms. The van der Waals surface area contributed by atoms with Crippen LogP contribution in [0.4, 0.5) is 5.69 Å². The summed E-state index contributed by atoms with van der Waals surface area (Å²) < 4.78 is 7.20. The van der Waals surface area contributed by atoms with Gasteiger partial charge in [-0.05, 0) is 90.9 Å². The van der Waals surface area contributed by atoms with Gasteiger partial charge < -0.3 is 14.5 Å². The lowest BCUT2D eigenvalue weighted by Gasteiger charge is -2.45.